The molecule has 0 aliphatic rings. The van der Waals surface area contributed by atoms with Gasteiger partial charge in [0.1, 0.15) is 10.8 Å². The molecule has 1 aromatic heterocycles. The van der Waals surface area contributed by atoms with Crippen LogP contribution in [0.3, 0.4) is 0 Å². The molecule has 2 rings (SSSR count). The van der Waals surface area contributed by atoms with E-state index >= 15 is 0 Å². The quantitative estimate of drug-likeness (QED) is 0.842. The number of aliphatic hydroxyl groups is 1. The molecule has 1 heterocycles. The van der Waals surface area contributed by atoms with Crippen LogP contribution in [0.1, 0.15) is 6.92 Å². The van der Waals surface area contributed by atoms with Gasteiger partial charge >= 0.3 is 0 Å². The summed E-state index contributed by atoms with van der Waals surface area (Å²) in [4.78, 5) is 4.41. The molecule has 1 atom stereocenters. The van der Waals surface area contributed by atoms with Gasteiger partial charge in [0.05, 0.1) is 7.11 Å². The molecule has 0 amide bonds. The summed E-state index contributed by atoms with van der Waals surface area (Å²) in [7, 11) is 1.66. The van der Waals surface area contributed by atoms with Gasteiger partial charge in [-0.2, -0.15) is 0 Å². The third-order valence-corrected chi connectivity index (χ3v) is 4.09. The first-order chi connectivity index (χ1) is 8.74. The second-order valence-electron chi connectivity index (χ2n) is 4.30. The van der Waals surface area contributed by atoms with Gasteiger partial charge in [0.2, 0.25) is 0 Å². The van der Waals surface area contributed by atoms with Crippen molar-refractivity contribution in [3.8, 4) is 5.75 Å². The minimum atomic E-state index is 0.209. The molecule has 2 aromatic rings. The summed E-state index contributed by atoms with van der Waals surface area (Å²) in [6, 6.07) is 7.99. The van der Waals surface area contributed by atoms with Crippen LogP contribution in [0.4, 0.5) is 0 Å². The van der Waals surface area contributed by atoms with Crippen molar-refractivity contribution in [2.45, 2.75) is 11.9 Å². The first-order valence-electron chi connectivity index (χ1n) is 5.91. The van der Waals surface area contributed by atoms with Gasteiger partial charge in [-0.25, -0.2) is 4.98 Å². The molecule has 0 saturated heterocycles. The Morgan fingerprint density at radius 1 is 1.39 bits per heavy atom. The third-order valence-electron chi connectivity index (χ3n) is 2.75. The minimum Gasteiger partial charge on any atom is -0.497 e. The predicted molar refractivity (Wildman–Crippen MR) is 75.3 cm³/mol. The molecule has 4 heteroatoms. The summed E-state index contributed by atoms with van der Waals surface area (Å²) in [5.74, 6) is 1.98. The van der Waals surface area contributed by atoms with Crippen LogP contribution in [0.15, 0.2) is 35.5 Å². The van der Waals surface area contributed by atoms with Crippen molar-refractivity contribution in [3.63, 3.8) is 0 Å². The van der Waals surface area contributed by atoms with E-state index in [1.54, 1.807) is 18.9 Å². The Morgan fingerprint density at radius 2 is 2.22 bits per heavy atom. The Labute approximate surface area is 111 Å². The predicted octanol–water partition coefficient (Wildman–Crippen LogP) is 2.96. The standard InChI is InChI=1S/C14H17NO2S/c1-10(8-16)9-18-14-13-7-12(17-2)4-3-11(13)5-6-15-14/h3-7,10,16H,8-9H2,1-2H3. The Kier molecular flexibility index (Phi) is 4.44. The highest BCUT2D eigenvalue weighted by Gasteiger charge is 2.07. The number of benzene rings is 1. The van der Waals surface area contributed by atoms with Gasteiger partial charge < -0.3 is 9.84 Å². The number of rotatable bonds is 5. The van der Waals surface area contributed by atoms with E-state index in [4.69, 9.17) is 9.84 Å². The topological polar surface area (TPSA) is 42.4 Å². The van der Waals surface area contributed by atoms with Crippen molar-refractivity contribution < 1.29 is 9.84 Å². The van der Waals surface area contributed by atoms with Gasteiger partial charge in [0, 0.05) is 23.9 Å². The van der Waals surface area contributed by atoms with E-state index in [1.807, 2.05) is 37.4 Å². The van der Waals surface area contributed by atoms with Gasteiger partial charge in [-0.15, -0.1) is 11.8 Å². The molecule has 0 bridgehead atoms. The molecule has 1 N–H and O–H groups in total. The maximum atomic E-state index is 9.05. The van der Waals surface area contributed by atoms with Crippen molar-refractivity contribution >= 4 is 22.5 Å². The first kappa shape index (κ1) is 13.2. The van der Waals surface area contributed by atoms with Crippen LogP contribution < -0.4 is 4.74 Å². The number of aromatic nitrogens is 1. The van der Waals surface area contributed by atoms with E-state index in [0.717, 1.165) is 27.3 Å². The molecule has 1 unspecified atom stereocenters. The molecule has 96 valence electrons. The normalized spacial score (nSPS) is 12.6. The Balaban J connectivity index is 2.31. The van der Waals surface area contributed by atoms with Gasteiger partial charge in [-0.3, -0.25) is 0 Å². The fraction of sp³-hybridized carbons (Fsp3) is 0.357. The molecule has 18 heavy (non-hydrogen) atoms. The lowest BCUT2D eigenvalue weighted by Gasteiger charge is -2.09. The first-order valence-corrected chi connectivity index (χ1v) is 6.89. The van der Waals surface area contributed by atoms with Crippen molar-refractivity contribution in [3.05, 3.63) is 30.5 Å². The summed E-state index contributed by atoms with van der Waals surface area (Å²) in [5.41, 5.74) is 0. The molecule has 0 spiro atoms. The van der Waals surface area contributed by atoms with Gasteiger partial charge in [0.15, 0.2) is 0 Å². The Bertz CT molecular complexity index is 530. The van der Waals surface area contributed by atoms with Crippen LogP contribution in [0.2, 0.25) is 0 Å². The number of ether oxygens (including phenoxy) is 1. The summed E-state index contributed by atoms with van der Waals surface area (Å²) >= 11 is 1.68. The Morgan fingerprint density at radius 3 is 2.94 bits per heavy atom. The number of fused-ring (bicyclic) bond motifs is 1. The van der Waals surface area contributed by atoms with Crippen molar-refractivity contribution in [2.75, 3.05) is 19.5 Å². The van der Waals surface area contributed by atoms with E-state index in [2.05, 4.69) is 4.98 Å². The number of aliphatic hydroxyl groups excluding tert-OH is 1. The molecular weight excluding hydrogens is 246 g/mol. The zero-order valence-electron chi connectivity index (χ0n) is 10.6. The van der Waals surface area contributed by atoms with Crippen LogP contribution in [0.5, 0.6) is 5.75 Å². The molecule has 3 nitrogen and oxygen atoms in total. The second kappa shape index (κ2) is 6.07. The summed E-state index contributed by atoms with van der Waals surface area (Å²) in [6.07, 6.45) is 1.82. The fourth-order valence-electron chi connectivity index (χ4n) is 1.64. The molecule has 0 saturated carbocycles. The Hall–Kier alpha value is -1.26. The number of hydrogen-bond donors (Lipinski definition) is 1. The molecular formula is C14H17NO2S. The van der Waals surface area contributed by atoms with Crippen LogP contribution in [-0.2, 0) is 0 Å². The maximum Gasteiger partial charge on any atom is 0.119 e. The average molecular weight is 263 g/mol. The number of thioether (sulfide) groups is 1. The molecule has 0 aliphatic heterocycles. The summed E-state index contributed by atoms with van der Waals surface area (Å²) in [5, 5.41) is 12.3. The average Bonchev–Trinajstić information content (AvgIpc) is 2.43. The van der Waals surface area contributed by atoms with Crippen LogP contribution in [0.25, 0.3) is 10.8 Å². The van der Waals surface area contributed by atoms with E-state index < -0.39 is 0 Å². The van der Waals surface area contributed by atoms with Gasteiger partial charge in [0.25, 0.3) is 0 Å². The van der Waals surface area contributed by atoms with Crippen molar-refractivity contribution in [1.82, 2.24) is 4.98 Å². The lowest BCUT2D eigenvalue weighted by atomic mass is 10.2. The van der Waals surface area contributed by atoms with E-state index in [1.165, 1.54) is 0 Å². The summed E-state index contributed by atoms with van der Waals surface area (Å²) in [6.45, 7) is 2.24. The van der Waals surface area contributed by atoms with Crippen LogP contribution >= 0.6 is 11.8 Å². The molecule has 0 fully saturated rings. The van der Waals surface area contributed by atoms with E-state index in [9.17, 15) is 0 Å². The zero-order chi connectivity index (χ0) is 13.0. The molecule has 0 radical (unpaired) electrons. The largest absolute Gasteiger partial charge is 0.497 e. The monoisotopic (exact) mass is 263 g/mol. The summed E-state index contributed by atoms with van der Waals surface area (Å²) < 4.78 is 5.25. The lowest BCUT2D eigenvalue weighted by molar-refractivity contribution is 0.250. The highest BCUT2D eigenvalue weighted by Crippen LogP contribution is 2.29. The van der Waals surface area contributed by atoms with Gasteiger partial charge in [-0.1, -0.05) is 13.0 Å². The number of hydrogen-bond acceptors (Lipinski definition) is 4. The minimum absolute atomic E-state index is 0.209. The van der Waals surface area contributed by atoms with Gasteiger partial charge in [-0.05, 0) is 29.5 Å². The highest BCUT2D eigenvalue weighted by molar-refractivity contribution is 7.99. The smallest absolute Gasteiger partial charge is 0.119 e. The number of nitrogens with zero attached hydrogens (tertiary/aromatic N) is 1. The highest BCUT2D eigenvalue weighted by atomic mass is 32.2. The molecule has 1 aromatic carbocycles. The fourth-order valence-corrected chi connectivity index (χ4v) is 2.65. The van der Waals surface area contributed by atoms with Crippen LogP contribution in [-0.4, -0.2) is 29.6 Å². The zero-order valence-corrected chi connectivity index (χ0v) is 11.4. The third kappa shape index (κ3) is 2.94. The SMILES string of the molecule is COc1ccc2ccnc(SCC(C)CO)c2c1. The van der Waals surface area contributed by atoms with E-state index in [0.29, 0.717) is 0 Å². The maximum absolute atomic E-state index is 9.05. The van der Waals surface area contributed by atoms with E-state index in [-0.39, 0.29) is 12.5 Å². The van der Waals surface area contributed by atoms with Crippen LogP contribution in [0, 0.1) is 5.92 Å². The lowest BCUT2D eigenvalue weighted by Crippen LogP contribution is -2.03. The number of pyridine rings is 1. The van der Waals surface area contributed by atoms with Crippen molar-refractivity contribution in [2.24, 2.45) is 5.92 Å². The second-order valence-corrected chi connectivity index (χ2v) is 5.31. The number of methoxy groups -OCH3 is 1. The van der Waals surface area contributed by atoms with Crippen molar-refractivity contribution in [1.29, 1.82) is 0 Å². The molecule has 0 aliphatic carbocycles.